The third kappa shape index (κ3) is 4.46. The standard InChI is InChI=1S/C17H21NO4S/c1-4-22-17-10-5-14(11-13(17)2)12-18-23(19,20)16-8-6-15(21-3)7-9-16/h5-11,18H,4,12H2,1-3H3. The Labute approximate surface area is 137 Å². The van der Waals surface area contributed by atoms with Gasteiger partial charge in [-0.3, -0.25) is 0 Å². The van der Waals surface area contributed by atoms with Crippen LogP contribution in [0.2, 0.25) is 0 Å². The smallest absolute Gasteiger partial charge is 0.240 e. The summed E-state index contributed by atoms with van der Waals surface area (Å²) in [4.78, 5) is 0.209. The van der Waals surface area contributed by atoms with Crippen molar-refractivity contribution in [3.8, 4) is 11.5 Å². The Balaban J connectivity index is 2.08. The van der Waals surface area contributed by atoms with E-state index in [0.717, 1.165) is 16.9 Å². The van der Waals surface area contributed by atoms with Gasteiger partial charge in [0, 0.05) is 6.54 Å². The molecule has 0 atom stereocenters. The molecule has 2 aromatic rings. The molecule has 0 aliphatic heterocycles. The van der Waals surface area contributed by atoms with Crippen molar-refractivity contribution in [2.75, 3.05) is 13.7 Å². The van der Waals surface area contributed by atoms with Crippen molar-refractivity contribution < 1.29 is 17.9 Å². The molecule has 0 spiro atoms. The van der Waals surface area contributed by atoms with Gasteiger partial charge in [-0.05, 0) is 55.3 Å². The van der Waals surface area contributed by atoms with Crippen LogP contribution in [-0.4, -0.2) is 22.1 Å². The molecule has 0 saturated carbocycles. The number of hydrogen-bond donors (Lipinski definition) is 1. The van der Waals surface area contributed by atoms with Crippen LogP contribution in [0.3, 0.4) is 0 Å². The van der Waals surface area contributed by atoms with E-state index in [0.29, 0.717) is 12.4 Å². The molecule has 6 heteroatoms. The Hall–Kier alpha value is -2.05. The summed E-state index contributed by atoms with van der Waals surface area (Å²) in [7, 11) is -2.02. The highest BCUT2D eigenvalue weighted by atomic mass is 32.2. The fourth-order valence-corrected chi connectivity index (χ4v) is 3.17. The lowest BCUT2D eigenvalue weighted by molar-refractivity contribution is 0.338. The molecular weight excluding hydrogens is 314 g/mol. The maximum atomic E-state index is 12.3. The maximum absolute atomic E-state index is 12.3. The highest BCUT2D eigenvalue weighted by Crippen LogP contribution is 2.20. The Bertz CT molecular complexity index is 755. The summed E-state index contributed by atoms with van der Waals surface area (Å²) in [5.74, 6) is 1.43. The molecule has 0 heterocycles. The Morgan fingerprint density at radius 3 is 2.35 bits per heavy atom. The number of sulfonamides is 1. The van der Waals surface area contributed by atoms with E-state index in [-0.39, 0.29) is 11.4 Å². The SMILES string of the molecule is CCOc1ccc(CNS(=O)(=O)c2ccc(OC)cc2)cc1C. The number of rotatable bonds is 7. The molecule has 0 aliphatic carbocycles. The maximum Gasteiger partial charge on any atom is 0.240 e. The average Bonchev–Trinajstić information content (AvgIpc) is 2.55. The van der Waals surface area contributed by atoms with Crippen LogP contribution in [0.25, 0.3) is 0 Å². The van der Waals surface area contributed by atoms with Crippen molar-refractivity contribution in [3.63, 3.8) is 0 Å². The minimum Gasteiger partial charge on any atom is -0.497 e. The molecule has 0 amide bonds. The zero-order valence-corrected chi connectivity index (χ0v) is 14.3. The van der Waals surface area contributed by atoms with E-state index < -0.39 is 10.0 Å². The normalized spacial score (nSPS) is 11.3. The lowest BCUT2D eigenvalue weighted by Gasteiger charge is -2.10. The van der Waals surface area contributed by atoms with Crippen LogP contribution in [0.5, 0.6) is 11.5 Å². The minimum atomic E-state index is -3.55. The topological polar surface area (TPSA) is 64.6 Å². The second-order valence-corrected chi connectivity index (χ2v) is 6.80. The predicted octanol–water partition coefficient (Wildman–Crippen LogP) is 2.88. The molecule has 124 valence electrons. The Morgan fingerprint density at radius 2 is 1.78 bits per heavy atom. The van der Waals surface area contributed by atoms with Crippen molar-refractivity contribution in [2.24, 2.45) is 0 Å². The molecule has 0 aromatic heterocycles. The molecule has 23 heavy (non-hydrogen) atoms. The fraction of sp³-hybridized carbons (Fsp3) is 0.294. The van der Waals surface area contributed by atoms with Gasteiger partial charge in [0.1, 0.15) is 11.5 Å². The van der Waals surface area contributed by atoms with Gasteiger partial charge in [-0.1, -0.05) is 12.1 Å². The molecule has 2 aromatic carbocycles. The van der Waals surface area contributed by atoms with Crippen LogP contribution >= 0.6 is 0 Å². The van der Waals surface area contributed by atoms with Crippen LogP contribution in [0.4, 0.5) is 0 Å². The quantitative estimate of drug-likeness (QED) is 0.845. The molecule has 1 N–H and O–H groups in total. The van der Waals surface area contributed by atoms with Crippen molar-refractivity contribution in [2.45, 2.75) is 25.3 Å². The molecular formula is C17H21NO4S. The van der Waals surface area contributed by atoms with Crippen LogP contribution in [0, 0.1) is 6.92 Å². The van der Waals surface area contributed by atoms with Crippen molar-refractivity contribution in [1.82, 2.24) is 4.72 Å². The second kappa shape index (κ2) is 7.48. The van der Waals surface area contributed by atoms with E-state index in [2.05, 4.69) is 4.72 Å². The number of benzene rings is 2. The van der Waals surface area contributed by atoms with E-state index in [1.165, 1.54) is 19.2 Å². The number of hydrogen-bond acceptors (Lipinski definition) is 4. The lowest BCUT2D eigenvalue weighted by Crippen LogP contribution is -2.23. The summed E-state index contributed by atoms with van der Waals surface area (Å²) in [6.45, 7) is 4.69. The van der Waals surface area contributed by atoms with E-state index in [4.69, 9.17) is 9.47 Å². The van der Waals surface area contributed by atoms with Crippen LogP contribution in [0.1, 0.15) is 18.1 Å². The van der Waals surface area contributed by atoms with Gasteiger partial charge in [0.05, 0.1) is 18.6 Å². The van der Waals surface area contributed by atoms with Gasteiger partial charge in [0.15, 0.2) is 0 Å². The number of nitrogens with one attached hydrogen (secondary N) is 1. The molecule has 0 fully saturated rings. The summed E-state index contributed by atoms with van der Waals surface area (Å²) < 4.78 is 37.7. The molecule has 0 unspecified atom stereocenters. The van der Waals surface area contributed by atoms with Gasteiger partial charge >= 0.3 is 0 Å². The first-order chi connectivity index (χ1) is 11.0. The molecule has 2 rings (SSSR count). The molecule has 0 bridgehead atoms. The van der Waals surface area contributed by atoms with Gasteiger partial charge in [0.2, 0.25) is 10.0 Å². The summed E-state index contributed by atoms with van der Waals surface area (Å²) >= 11 is 0. The van der Waals surface area contributed by atoms with E-state index in [1.54, 1.807) is 12.1 Å². The van der Waals surface area contributed by atoms with Gasteiger partial charge in [-0.2, -0.15) is 0 Å². The Kier molecular flexibility index (Phi) is 5.63. The predicted molar refractivity (Wildman–Crippen MR) is 89.4 cm³/mol. The highest BCUT2D eigenvalue weighted by Gasteiger charge is 2.14. The van der Waals surface area contributed by atoms with E-state index in [1.807, 2.05) is 32.0 Å². The minimum absolute atomic E-state index is 0.209. The van der Waals surface area contributed by atoms with E-state index in [9.17, 15) is 8.42 Å². The third-order valence-electron chi connectivity index (χ3n) is 3.38. The van der Waals surface area contributed by atoms with Crippen molar-refractivity contribution >= 4 is 10.0 Å². The molecule has 0 saturated heterocycles. The summed E-state index contributed by atoms with van der Waals surface area (Å²) in [6.07, 6.45) is 0. The highest BCUT2D eigenvalue weighted by molar-refractivity contribution is 7.89. The first-order valence-electron chi connectivity index (χ1n) is 7.32. The second-order valence-electron chi connectivity index (χ2n) is 5.03. The third-order valence-corrected chi connectivity index (χ3v) is 4.79. The van der Waals surface area contributed by atoms with Crippen LogP contribution in [0.15, 0.2) is 47.4 Å². The zero-order chi connectivity index (χ0) is 16.9. The first-order valence-corrected chi connectivity index (χ1v) is 8.80. The van der Waals surface area contributed by atoms with Crippen molar-refractivity contribution in [3.05, 3.63) is 53.6 Å². The summed E-state index contributed by atoms with van der Waals surface area (Å²) in [5.41, 5.74) is 1.86. The zero-order valence-electron chi connectivity index (χ0n) is 13.5. The number of ether oxygens (including phenoxy) is 2. The fourth-order valence-electron chi connectivity index (χ4n) is 2.16. The monoisotopic (exact) mass is 335 g/mol. The van der Waals surface area contributed by atoms with Crippen LogP contribution < -0.4 is 14.2 Å². The Morgan fingerprint density at radius 1 is 1.09 bits per heavy atom. The summed E-state index contributed by atoms with van der Waals surface area (Å²) in [6, 6.07) is 11.9. The lowest BCUT2D eigenvalue weighted by atomic mass is 10.1. The largest absolute Gasteiger partial charge is 0.497 e. The van der Waals surface area contributed by atoms with Crippen molar-refractivity contribution in [1.29, 1.82) is 0 Å². The molecule has 0 aliphatic rings. The van der Waals surface area contributed by atoms with Gasteiger partial charge < -0.3 is 9.47 Å². The van der Waals surface area contributed by atoms with Gasteiger partial charge in [-0.25, -0.2) is 13.1 Å². The van der Waals surface area contributed by atoms with Gasteiger partial charge in [-0.15, -0.1) is 0 Å². The molecule has 5 nitrogen and oxygen atoms in total. The van der Waals surface area contributed by atoms with Gasteiger partial charge in [0.25, 0.3) is 0 Å². The first kappa shape index (κ1) is 17.3. The summed E-state index contributed by atoms with van der Waals surface area (Å²) in [5, 5.41) is 0. The van der Waals surface area contributed by atoms with E-state index >= 15 is 0 Å². The van der Waals surface area contributed by atoms with Crippen LogP contribution in [-0.2, 0) is 16.6 Å². The number of aryl methyl sites for hydroxylation is 1. The molecule has 0 radical (unpaired) electrons. The average molecular weight is 335 g/mol. The number of methoxy groups -OCH3 is 1.